The summed E-state index contributed by atoms with van der Waals surface area (Å²) < 4.78 is 4.86. The highest BCUT2D eigenvalue weighted by Gasteiger charge is 2.68. The average Bonchev–Trinajstić information content (AvgIpc) is 2.91. The molecule has 3 saturated carbocycles. The van der Waals surface area contributed by atoms with Crippen molar-refractivity contribution in [1.82, 2.24) is 0 Å². The number of rotatable bonds is 3. The summed E-state index contributed by atoms with van der Waals surface area (Å²) in [5.41, 5.74) is -1.68. The Bertz CT molecular complexity index is 827. The molecule has 158 valence electrons. The molecular formula is C23H30O6. The molecule has 1 N–H and O–H groups in total. The Morgan fingerprint density at radius 2 is 1.90 bits per heavy atom. The zero-order chi connectivity index (χ0) is 21.2. The summed E-state index contributed by atoms with van der Waals surface area (Å²) in [6, 6.07) is 0. The normalized spacial score (nSPS) is 43.7. The van der Waals surface area contributed by atoms with Gasteiger partial charge in [0.2, 0.25) is 5.78 Å². The SMILES string of the molecule is CC(=O)OCC(=O)[C@]1(O)CC[C@H]2[C@@H]3CCC4=CC(=O)CC[C@]4(C)[C@H]3C(=O)C[C@@]21C. The van der Waals surface area contributed by atoms with Crippen molar-refractivity contribution in [3.05, 3.63) is 11.6 Å². The quantitative estimate of drug-likeness (QED) is 0.729. The molecule has 0 aromatic heterocycles. The first-order chi connectivity index (χ1) is 13.5. The fraction of sp³-hybridized carbons (Fsp3) is 0.739. The maximum absolute atomic E-state index is 13.5. The van der Waals surface area contributed by atoms with Crippen LogP contribution in [-0.4, -0.2) is 40.6 Å². The number of ether oxygens (including phenoxy) is 1. The molecule has 0 saturated heterocycles. The predicted octanol–water partition coefficient (Wildman–Crippen LogP) is 2.56. The highest BCUT2D eigenvalue weighted by atomic mass is 16.5. The van der Waals surface area contributed by atoms with Gasteiger partial charge in [-0.25, -0.2) is 0 Å². The van der Waals surface area contributed by atoms with Crippen LogP contribution in [0.25, 0.3) is 0 Å². The predicted molar refractivity (Wildman–Crippen MR) is 104 cm³/mol. The van der Waals surface area contributed by atoms with Gasteiger partial charge in [-0.05, 0) is 55.4 Å². The standard InChI is InChI=1S/C23H30O6/c1-13(24)29-12-19(27)23(28)9-7-17-16-5-4-14-10-15(25)6-8-21(14,2)20(16)18(26)11-22(17,23)3/h10,16-17,20,28H,4-9,11-12H2,1-3H3/t16-,17-,20+,21-,22-,23+/m0/s1. The Kier molecular flexibility index (Phi) is 4.65. The van der Waals surface area contributed by atoms with E-state index in [1.807, 2.05) is 6.92 Å². The van der Waals surface area contributed by atoms with E-state index in [-0.39, 0.29) is 41.2 Å². The molecule has 6 heteroatoms. The van der Waals surface area contributed by atoms with E-state index in [1.54, 1.807) is 6.08 Å². The van der Waals surface area contributed by atoms with Gasteiger partial charge in [-0.1, -0.05) is 19.4 Å². The fourth-order valence-corrected chi connectivity index (χ4v) is 7.13. The number of hydrogen-bond acceptors (Lipinski definition) is 6. The Labute approximate surface area is 171 Å². The molecule has 4 rings (SSSR count). The molecule has 0 aromatic rings. The van der Waals surface area contributed by atoms with Gasteiger partial charge in [-0.15, -0.1) is 0 Å². The van der Waals surface area contributed by atoms with Crippen LogP contribution in [0, 0.1) is 28.6 Å². The van der Waals surface area contributed by atoms with E-state index in [0.29, 0.717) is 25.7 Å². The maximum Gasteiger partial charge on any atom is 0.303 e. The molecule has 0 bridgehead atoms. The van der Waals surface area contributed by atoms with Crippen LogP contribution in [0.1, 0.15) is 65.7 Å². The fourth-order valence-electron chi connectivity index (χ4n) is 7.13. The molecule has 6 atom stereocenters. The monoisotopic (exact) mass is 402 g/mol. The van der Waals surface area contributed by atoms with Gasteiger partial charge < -0.3 is 9.84 Å². The van der Waals surface area contributed by atoms with Crippen molar-refractivity contribution >= 4 is 23.3 Å². The summed E-state index contributed by atoms with van der Waals surface area (Å²) in [5, 5.41) is 11.4. The molecule has 0 aliphatic heterocycles. The number of allylic oxidation sites excluding steroid dienone is 1. The molecule has 0 heterocycles. The topological polar surface area (TPSA) is 97.7 Å². The second-order valence-corrected chi connectivity index (χ2v) is 10.0. The Balaban J connectivity index is 1.66. The Morgan fingerprint density at radius 1 is 1.17 bits per heavy atom. The first-order valence-corrected chi connectivity index (χ1v) is 10.7. The molecule has 4 aliphatic rings. The van der Waals surface area contributed by atoms with Crippen molar-refractivity contribution in [3.63, 3.8) is 0 Å². The second-order valence-electron chi connectivity index (χ2n) is 10.0. The molecular weight excluding hydrogens is 372 g/mol. The van der Waals surface area contributed by atoms with Crippen LogP contribution in [0.15, 0.2) is 11.6 Å². The molecule has 0 spiro atoms. The van der Waals surface area contributed by atoms with Crippen LogP contribution in [-0.2, 0) is 23.9 Å². The molecule has 6 nitrogen and oxygen atoms in total. The van der Waals surface area contributed by atoms with E-state index in [9.17, 15) is 24.3 Å². The smallest absolute Gasteiger partial charge is 0.303 e. The largest absolute Gasteiger partial charge is 0.458 e. The first kappa shape index (κ1) is 20.5. The summed E-state index contributed by atoms with van der Waals surface area (Å²) >= 11 is 0. The van der Waals surface area contributed by atoms with Crippen LogP contribution in [0.5, 0.6) is 0 Å². The minimum absolute atomic E-state index is 0.0625. The lowest BCUT2D eigenvalue weighted by molar-refractivity contribution is -0.173. The lowest BCUT2D eigenvalue weighted by atomic mass is 9.46. The zero-order valence-electron chi connectivity index (χ0n) is 17.5. The third-order valence-corrected chi connectivity index (χ3v) is 8.67. The first-order valence-electron chi connectivity index (χ1n) is 10.7. The number of Topliss-reactive ketones (excluding diaryl/α,β-unsaturated/α-hetero) is 2. The number of fused-ring (bicyclic) bond motifs is 5. The number of ketones is 3. The summed E-state index contributed by atoms with van der Waals surface area (Å²) in [5.74, 6) is -0.811. The van der Waals surface area contributed by atoms with E-state index in [0.717, 1.165) is 18.4 Å². The van der Waals surface area contributed by atoms with Crippen LogP contribution < -0.4 is 0 Å². The van der Waals surface area contributed by atoms with Gasteiger partial charge in [0.15, 0.2) is 12.4 Å². The molecule has 0 radical (unpaired) electrons. The van der Waals surface area contributed by atoms with Crippen molar-refractivity contribution in [2.24, 2.45) is 28.6 Å². The molecule has 3 fully saturated rings. The number of esters is 1. The minimum Gasteiger partial charge on any atom is -0.458 e. The number of carbonyl (C=O) groups excluding carboxylic acids is 4. The maximum atomic E-state index is 13.5. The number of hydrogen-bond donors (Lipinski definition) is 1. The lowest BCUT2D eigenvalue weighted by Gasteiger charge is -2.57. The minimum atomic E-state index is -1.65. The highest BCUT2D eigenvalue weighted by molar-refractivity contribution is 5.95. The summed E-state index contributed by atoms with van der Waals surface area (Å²) in [7, 11) is 0. The van der Waals surface area contributed by atoms with Gasteiger partial charge in [0.1, 0.15) is 11.4 Å². The van der Waals surface area contributed by atoms with Crippen molar-refractivity contribution < 1.29 is 29.0 Å². The molecule has 4 aliphatic carbocycles. The van der Waals surface area contributed by atoms with Gasteiger partial charge in [-0.2, -0.15) is 0 Å². The molecule has 0 amide bonds. The highest BCUT2D eigenvalue weighted by Crippen LogP contribution is 2.66. The van der Waals surface area contributed by atoms with E-state index in [1.165, 1.54) is 6.92 Å². The van der Waals surface area contributed by atoms with Gasteiger partial charge >= 0.3 is 5.97 Å². The van der Waals surface area contributed by atoms with Gasteiger partial charge in [0, 0.05) is 31.1 Å². The van der Waals surface area contributed by atoms with Crippen molar-refractivity contribution in [1.29, 1.82) is 0 Å². The molecule has 0 unspecified atom stereocenters. The zero-order valence-corrected chi connectivity index (χ0v) is 17.5. The van der Waals surface area contributed by atoms with Crippen molar-refractivity contribution in [2.75, 3.05) is 6.61 Å². The second kappa shape index (κ2) is 6.59. The Hall–Kier alpha value is -1.82. The van der Waals surface area contributed by atoms with Crippen molar-refractivity contribution in [2.45, 2.75) is 71.3 Å². The number of aliphatic hydroxyl groups is 1. The van der Waals surface area contributed by atoms with E-state index in [2.05, 4.69) is 6.92 Å². The van der Waals surface area contributed by atoms with Crippen LogP contribution >= 0.6 is 0 Å². The molecule has 0 aromatic carbocycles. The summed E-state index contributed by atoms with van der Waals surface area (Å²) in [4.78, 5) is 49.4. The Morgan fingerprint density at radius 3 is 2.59 bits per heavy atom. The van der Waals surface area contributed by atoms with E-state index < -0.39 is 29.4 Å². The third kappa shape index (κ3) is 2.78. The third-order valence-electron chi connectivity index (χ3n) is 8.67. The van der Waals surface area contributed by atoms with Gasteiger partial charge in [0.05, 0.1) is 0 Å². The van der Waals surface area contributed by atoms with Gasteiger partial charge in [-0.3, -0.25) is 19.2 Å². The summed E-state index contributed by atoms with van der Waals surface area (Å²) in [6.07, 6.45) is 5.66. The van der Waals surface area contributed by atoms with Crippen LogP contribution in [0.4, 0.5) is 0 Å². The lowest BCUT2D eigenvalue weighted by Crippen LogP contribution is -2.61. The van der Waals surface area contributed by atoms with Crippen LogP contribution in [0.3, 0.4) is 0 Å². The van der Waals surface area contributed by atoms with E-state index in [4.69, 9.17) is 4.74 Å². The van der Waals surface area contributed by atoms with Crippen LogP contribution in [0.2, 0.25) is 0 Å². The van der Waals surface area contributed by atoms with Gasteiger partial charge in [0.25, 0.3) is 0 Å². The number of carbonyl (C=O) groups is 4. The average molecular weight is 402 g/mol. The van der Waals surface area contributed by atoms with E-state index >= 15 is 0 Å². The summed E-state index contributed by atoms with van der Waals surface area (Å²) in [6.45, 7) is 4.76. The van der Waals surface area contributed by atoms with Crippen molar-refractivity contribution in [3.8, 4) is 0 Å². The molecule has 29 heavy (non-hydrogen) atoms.